The van der Waals surface area contributed by atoms with Gasteiger partial charge < -0.3 is 19.1 Å². The number of methoxy groups -OCH3 is 1. The number of ether oxygens (including phenoxy) is 3. The number of anilines is 1. The molecule has 1 heterocycles. The van der Waals surface area contributed by atoms with Crippen LogP contribution in [0.4, 0.5) is 5.69 Å². The smallest absolute Gasteiger partial charge is 0.336 e. The van der Waals surface area contributed by atoms with E-state index in [1.165, 1.54) is 13.2 Å². The molecule has 0 N–H and O–H groups in total. The number of carbonyl (C=O) groups is 2. The molecule has 7 nitrogen and oxygen atoms in total. The van der Waals surface area contributed by atoms with E-state index in [-0.39, 0.29) is 12.5 Å². The number of nitrogens with zero attached hydrogens (tertiary/aromatic N) is 2. The molecule has 0 spiro atoms. The second-order valence-corrected chi connectivity index (χ2v) is 6.25. The predicted octanol–water partition coefficient (Wildman–Crippen LogP) is 3.34. The van der Waals surface area contributed by atoms with Crippen LogP contribution < -0.4 is 19.1 Å². The zero-order valence-electron chi connectivity index (χ0n) is 16.0. The van der Waals surface area contributed by atoms with E-state index < -0.39 is 5.97 Å². The van der Waals surface area contributed by atoms with Crippen molar-refractivity contribution in [2.24, 2.45) is 0 Å². The van der Waals surface area contributed by atoms with E-state index in [4.69, 9.17) is 19.5 Å². The first-order chi connectivity index (χ1) is 14.1. The van der Waals surface area contributed by atoms with Gasteiger partial charge in [0.2, 0.25) is 5.91 Å². The molecule has 2 aromatic rings. The summed E-state index contributed by atoms with van der Waals surface area (Å²) in [6.45, 7) is 0.632. The average molecular weight is 392 g/mol. The Labute approximate surface area is 168 Å². The third-order valence-electron chi connectivity index (χ3n) is 4.33. The van der Waals surface area contributed by atoms with Crippen LogP contribution in [0.25, 0.3) is 6.08 Å². The van der Waals surface area contributed by atoms with Gasteiger partial charge in [-0.05, 0) is 54.5 Å². The first-order valence-electron chi connectivity index (χ1n) is 9.09. The Bertz CT molecular complexity index is 960. The predicted molar refractivity (Wildman–Crippen MR) is 107 cm³/mol. The van der Waals surface area contributed by atoms with Crippen molar-refractivity contribution >= 4 is 23.6 Å². The molecule has 7 heteroatoms. The lowest BCUT2D eigenvalue weighted by atomic mass is 10.2. The fourth-order valence-electron chi connectivity index (χ4n) is 2.95. The standard InChI is InChI=1S/C22H20N2O5/c1-27-20-15-16(4-10-19(20)28-14-12-23)5-11-22(26)29-18-8-6-17(7-9-18)24-13-2-3-21(24)25/h4-11,15H,2-3,13-14H2,1H3/b11-5+. The van der Waals surface area contributed by atoms with Crippen LogP contribution in [0.2, 0.25) is 0 Å². The van der Waals surface area contributed by atoms with Crippen LogP contribution in [-0.2, 0) is 9.59 Å². The van der Waals surface area contributed by atoms with E-state index in [1.54, 1.807) is 53.4 Å². The minimum Gasteiger partial charge on any atom is -0.493 e. The fourth-order valence-corrected chi connectivity index (χ4v) is 2.95. The molecule has 29 heavy (non-hydrogen) atoms. The Hall–Kier alpha value is -3.79. The highest BCUT2D eigenvalue weighted by Gasteiger charge is 2.21. The van der Waals surface area contributed by atoms with Gasteiger partial charge in [0.25, 0.3) is 0 Å². The van der Waals surface area contributed by atoms with E-state index in [1.807, 2.05) is 6.07 Å². The van der Waals surface area contributed by atoms with Gasteiger partial charge in [-0.2, -0.15) is 5.26 Å². The molecule has 1 fully saturated rings. The Kier molecular flexibility index (Phi) is 6.48. The molecule has 1 amide bonds. The van der Waals surface area contributed by atoms with Crippen molar-refractivity contribution in [3.8, 4) is 23.3 Å². The third-order valence-corrected chi connectivity index (χ3v) is 4.33. The quantitative estimate of drug-likeness (QED) is 0.408. The molecule has 0 unspecified atom stereocenters. The molecule has 0 atom stereocenters. The highest BCUT2D eigenvalue weighted by Crippen LogP contribution is 2.28. The summed E-state index contributed by atoms with van der Waals surface area (Å²) in [4.78, 5) is 25.6. The van der Waals surface area contributed by atoms with Crippen molar-refractivity contribution in [3.63, 3.8) is 0 Å². The van der Waals surface area contributed by atoms with E-state index in [0.717, 1.165) is 12.1 Å². The van der Waals surface area contributed by atoms with Gasteiger partial charge in [0.15, 0.2) is 18.1 Å². The number of nitriles is 1. The van der Waals surface area contributed by atoms with Crippen LogP contribution in [0.1, 0.15) is 18.4 Å². The average Bonchev–Trinajstić information content (AvgIpc) is 3.17. The molecule has 148 valence electrons. The van der Waals surface area contributed by atoms with Crippen LogP contribution in [0.5, 0.6) is 17.2 Å². The second-order valence-electron chi connectivity index (χ2n) is 6.25. The summed E-state index contributed by atoms with van der Waals surface area (Å²) in [5.74, 6) is 0.886. The largest absolute Gasteiger partial charge is 0.493 e. The molecular weight excluding hydrogens is 372 g/mol. The van der Waals surface area contributed by atoms with Crippen molar-refractivity contribution in [2.45, 2.75) is 12.8 Å². The SMILES string of the molecule is COc1cc(/C=C/C(=O)Oc2ccc(N3CCCC3=O)cc2)ccc1OCC#N. The molecule has 0 bridgehead atoms. The van der Waals surface area contributed by atoms with Crippen molar-refractivity contribution in [1.29, 1.82) is 5.26 Å². The third kappa shape index (κ3) is 5.14. The molecule has 1 saturated heterocycles. The first kappa shape index (κ1) is 20.0. The highest BCUT2D eigenvalue weighted by atomic mass is 16.5. The maximum absolute atomic E-state index is 12.1. The van der Waals surface area contributed by atoms with Gasteiger partial charge in [-0.1, -0.05) is 6.07 Å². The number of hydrogen-bond donors (Lipinski definition) is 0. The Balaban J connectivity index is 1.61. The van der Waals surface area contributed by atoms with Crippen molar-refractivity contribution in [1.82, 2.24) is 0 Å². The summed E-state index contributed by atoms with van der Waals surface area (Å²) in [5, 5.41) is 8.60. The van der Waals surface area contributed by atoms with E-state index in [0.29, 0.717) is 35.8 Å². The van der Waals surface area contributed by atoms with E-state index >= 15 is 0 Å². The van der Waals surface area contributed by atoms with Crippen LogP contribution in [0, 0.1) is 11.3 Å². The minimum atomic E-state index is -0.529. The topological polar surface area (TPSA) is 88.9 Å². The maximum Gasteiger partial charge on any atom is 0.336 e. The van der Waals surface area contributed by atoms with Crippen molar-refractivity contribution in [2.75, 3.05) is 25.2 Å². The highest BCUT2D eigenvalue weighted by molar-refractivity contribution is 5.95. The summed E-state index contributed by atoms with van der Waals surface area (Å²) in [6.07, 6.45) is 4.33. The maximum atomic E-state index is 12.1. The summed E-state index contributed by atoms with van der Waals surface area (Å²) in [5.41, 5.74) is 1.51. The van der Waals surface area contributed by atoms with E-state index in [2.05, 4.69) is 0 Å². The Morgan fingerprint density at radius 2 is 2.00 bits per heavy atom. The zero-order valence-corrected chi connectivity index (χ0v) is 16.0. The molecule has 3 rings (SSSR count). The lowest BCUT2D eigenvalue weighted by Crippen LogP contribution is -2.23. The van der Waals surface area contributed by atoms with Gasteiger partial charge >= 0.3 is 5.97 Å². The first-order valence-corrected chi connectivity index (χ1v) is 9.09. The van der Waals surface area contributed by atoms with Gasteiger partial charge in [-0.3, -0.25) is 4.79 Å². The summed E-state index contributed by atoms with van der Waals surface area (Å²) >= 11 is 0. The van der Waals surface area contributed by atoms with Gasteiger partial charge in [0, 0.05) is 24.7 Å². The van der Waals surface area contributed by atoms with Crippen LogP contribution >= 0.6 is 0 Å². The van der Waals surface area contributed by atoms with Gasteiger partial charge in [0.1, 0.15) is 11.8 Å². The van der Waals surface area contributed by atoms with E-state index in [9.17, 15) is 9.59 Å². The number of carbonyl (C=O) groups excluding carboxylic acids is 2. The molecule has 1 aliphatic rings. The Morgan fingerprint density at radius 1 is 1.21 bits per heavy atom. The monoisotopic (exact) mass is 392 g/mol. The Morgan fingerprint density at radius 3 is 2.66 bits per heavy atom. The number of hydrogen-bond acceptors (Lipinski definition) is 6. The number of benzene rings is 2. The molecule has 2 aromatic carbocycles. The van der Waals surface area contributed by atoms with Crippen LogP contribution in [-0.4, -0.2) is 32.1 Å². The number of esters is 1. The number of rotatable bonds is 7. The lowest BCUT2D eigenvalue weighted by Gasteiger charge is -2.15. The summed E-state index contributed by atoms with van der Waals surface area (Å²) < 4.78 is 15.8. The van der Waals surface area contributed by atoms with Gasteiger partial charge in [-0.25, -0.2) is 4.79 Å². The van der Waals surface area contributed by atoms with Crippen LogP contribution in [0.15, 0.2) is 48.5 Å². The molecule has 0 saturated carbocycles. The fraction of sp³-hybridized carbons (Fsp3) is 0.227. The van der Waals surface area contributed by atoms with Gasteiger partial charge in [0.05, 0.1) is 7.11 Å². The normalized spacial score (nSPS) is 13.4. The second kappa shape index (κ2) is 9.42. The van der Waals surface area contributed by atoms with Gasteiger partial charge in [-0.15, -0.1) is 0 Å². The number of amides is 1. The molecule has 0 aromatic heterocycles. The lowest BCUT2D eigenvalue weighted by molar-refractivity contribution is -0.129. The minimum absolute atomic E-state index is 0.0808. The van der Waals surface area contributed by atoms with Crippen LogP contribution in [0.3, 0.4) is 0 Å². The zero-order chi connectivity index (χ0) is 20.6. The van der Waals surface area contributed by atoms with Crippen molar-refractivity contribution in [3.05, 3.63) is 54.1 Å². The molecule has 0 aliphatic carbocycles. The van der Waals surface area contributed by atoms with Crippen molar-refractivity contribution < 1.29 is 23.8 Å². The molecule has 0 radical (unpaired) electrons. The summed E-state index contributed by atoms with van der Waals surface area (Å²) in [6, 6.07) is 13.8. The molecular formula is C22H20N2O5. The summed E-state index contributed by atoms with van der Waals surface area (Å²) in [7, 11) is 1.50. The molecule has 1 aliphatic heterocycles.